The molecule has 4 heteroatoms. The molecular weight excluding hydrogens is 113 g/mol. The summed E-state index contributed by atoms with van der Waals surface area (Å²) in [5, 5.41) is 0. The van der Waals surface area contributed by atoms with E-state index in [0.29, 0.717) is 0 Å². The van der Waals surface area contributed by atoms with Crippen molar-refractivity contribution in [1.82, 2.24) is 0 Å². The van der Waals surface area contributed by atoms with Crippen molar-refractivity contribution in [3.05, 3.63) is 0 Å². The molecule has 24 valence electrons. The molecule has 0 aromatic rings. The van der Waals surface area contributed by atoms with Gasteiger partial charge in [0, 0.05) is 0 Å². The van der Waals surface area contributed by atoms with Gasteiger partial charge in [-0.3, -0.25) is 0 Å². The summed E-state index contributed by atoms with van der Waals surface area (Å²) in [6, 6.07) is 0. The van der Waals surface area contributed by atoms with E-state index in [1.165, 1.54) is 0 Å². The topological polar surface area (TPSA) is 0 Å². The summed E-state index contributed by atoms with van der Waals surface area (Å²) in [4.78, 5) is 0. The van der Waals surface area contributed by atoms with Crippen molar-refractivity contribution in [2.45, 2.75) is 0 Å². The molecule has 0 unspecified atom stereocenters. The molecular formula is H2Cl3Li. The summed E-state index contributed by atoms with van der Waals surface area (Å²) in [5.74, 6) is 0. The normalized spacial score (nSPS) is 0. The van der Waals surface area contributed by atoms with E-state index in [1.807, 2.05) is 0 Å². The molecule has 0 aliphatic carbocycles. The van der Waals surface area contributed by atoms with Gasteiger partial charge in [0.15, 0.2) is 0 Å². The Kier molecular flexibility index (Phi) is 316. The van der Waals surface area contributed by atoms with Crippen LogP contribution in [0.5, 0.6) is 0 Å². The van der Waals surface area contributed by atoms with Crippen molar-refractivity contribution in [3.8, 4) is 0 Å². The van der Waals surface area contributed by atoms with Gasteiger partial charge >= 0.3 is 18.9 Å². The van der Waals surface area contributed by atoms with Gasteiger partial charge in [0.25, 0.3) is 0 Å². The summed E-state index contributed by atoms with van der Waals surface area (Å²) in [6.07, 6.45) is 0. The van der Waals surface area contributed by atoms with E-state index < -0.39 is 0 Å². The first-order valence-corrected chi connectivity index (χ1v) is 0. The molecule has 0 aliphatic rings. The molecule has 0 N–H and O–H groups in total. The Morgan fingerprint density at radius 2 is 0.750 bits per heavy atom. The first kappa shape index (κ1) is 50.7. The Bertz CT molecular complexity index is 3.25. The monoisotopic (exact) mass is 114 g/mol. The Morgan fingerprint density at radius 1 is 0.750 bits per heavy atom. The molecule has 4 heavy (non-hydrogen) atoms. The molecule has 0 radical (unpaired) electrons. The maximum atomic E-state index is 0. The zero-order chi connectivity index (χ0) is 0. The van der Waals surface area contributed by atoms with E-state index in [4.69, 9.17) is 0 Å². The number of rotatable bonds is 0. The van der Waals surface area contributed by atoms with Crippen molar-refractivity contribution in [1.29, 1.82) is 0 Å². The van der Waals surface area contributed by atoms with Crippen molar-refractivity contribution < 1.29 is 31.3 Å². The first-order valence-electron chi connectivity index (χ1n) is 0. The zero-order valence-electron chi connectivity index (χ0n) is 2.19. The molecule has 0 nitrogen and oxygen atoms in total. The van der Waals surface area contributed by atoms with Crippen LogP contribution in [0.25, 0.3) is 0 Å². The second kappa shape index (κ2) is 24.9. The van der Waals surface area contributed by atoms with Gasteiger partial charge in [0.2, 0.25) is 0 Å². The van der Waals surface area contributed by atoms with Crippen molar-refractivity contribution in [2.75, 3.05) is 0 Å². The van der Waals surface area contributed by atoms with E-state index in [1.54, 1.807) is 0 Å². The van der Waals surface area contributed by atoms with Gasteiger partial charge in [0.05, 0.1) is 0 Å². The number of hydrogen-bond donors (Lipinski definition) is 0. The molecule has 0 saturated heterocycles. The second-order valence-electron chi connectivity index (χ2n) is 0. The van der Waals surface area contributed by atoms with Gasteiger partial charge in [-0.2, -0.15) is 0 Å². The molecule has 0 atom stereocenters. The smallest absolute Gasteiger partial charge is 1.00 e. The predicted molar refractivity (Wildman–Crippen MR) is 14.5 cm³/mol. The van der Waals surface area contributed by atoms with Crippen LogP contribution in [0.1, 0.15) is 0 Å². The maximum absolute atomic E-state index is 0. The average Bonchev–Trinajstić information content (AvgIpc) is 0. The van der Waals surface area contributed by atoms with Crippen LogP contribution in [0, 0.1) is 0 Å². The summed E-state index contributed by atoms with van der Waals surface area (Å²) in [6.45, 7) is 0. The fourth-order valence-corrected chi connectivity index (χ4v) is 0. The molecule has 0 spiro atoms. The van der Waals surface area contributed by atoms with Crippen LogP contribution in [-0.2, 0) is 0 Å². The van der Waals surface area contributed by atoms with Crippen LogP contribution in [0.2, 0.25) is 0 Å². The van der Waals surface area contributed by atoms with E-state index in [0.717, 1.165) is 0 Å². The third kappa shape index (κ3) is 9.80. The Hall–Kier alpha value is 1.47. The van der Waals surface area contributed by atoms with Crippen LogP contribution < -0.4 is 31.3 Å². The molecule has 0 amide bonds. The van der Waals surface area contributed by atoms with Gasteiger partial charge in [0.1, 0.15) is 0 Å². The van der Waals surface area contributed by atoms with Crippen LogP contribution >= 0.6 is 24.8 Å². The fraction of sp³-hybridized carbons (Fsp3) is 0. The summed E-state index contributed by atoms with van der Waals surface area (Å²) >= 11 is 0. The summed E-state index contributed by atoms with van der Waals surface area (Å²) < 4.78 is 0. The van der Waals surface area contributed by atoms with E-state index in [9.17, 15) is 0 Å². The molecule has 0 bridgehead atoms. The molecule has 0 aromatic heterocycles. The van der Waals surface area contributed by atoms with Crippen LogP contribution in [0.4, 0.5) is 0 Å². The SMILES string of the molecule is Cl.Cl.[Cl-].[Li+]. The molecule has 0 aliphatic heterocycles. The first-order chi connectivity index (χ1) is 0. The van der Waals surface area contributed by atoms with Gasteiger partial charge in [-0.15, -0.1) is 24.8 Å². The third-order valence-corrected chi connectivity index (χ3v) is 0. The minimum absolute atomic E-state index is 0. The van der Waals surface area contributed by atoms with Crippen LogP contribution in [-0.4, -0.2) is 0 Å². The molecule has 0 rings (SSSR count). The zero-order valence-corrected chi connectivity index (χ0v) is 4.58. The molecule has 0 aromatic carbocycles. The van der Waals surface area contributed by atoms with Crippen molar-refractivity contribution in [2.24, 2.45) is 0 Å². The van der Waals surface area contributed by atoms with Crippen LogP contribution in [0.3, 0.4) is 0 Å². The number of hydrogen-bond acceptors (Lipinski definition) is 0. The van der Waals surface area contributed by atoms with Gasteiger partial charge in [-0.05, 0) is 0 Å². The minimum atomic E-state index is 0. The second-order valence-corrected chi connectivity index (χ2v) is 0. The number of halogens is 3. The largest absolute Gasteiger partial charge is 1.00 e. The molecule has 0 saturated carbocycles. The van der Waals surface area contributed by atoms with Gasteiger partial charge in [-0.1, -0.05) is 0 Å². The average molecular weight is 115 g/mol. The standard InChI is InChI=1S/3ClH.Li/h3*1H;/q;;;+1/p-1. The summed E-state index contributed by atoms with van der Waals surface area (Å²) in [5.41, 5.74) is 0. The van der Waals surface area contributed by atoms with Crippen LogP contribution in [0.15, 0.2) is 0 Å². The van der Waals surface area contributed by atoms with E-state index in [-0.39, 0.29) is 56.1 Å². The van der Waals surface area contributed by atoms with E-state index in [2.05, 4.69) is 0 Å². The predicted octanol–water partition coefficient (Wildman–Crippen LogP) is -5.15. The van der Waals surface area contributed by atoms with Gasteiger partial charge < -0.3 is 12.4 Å². The quantitative estimate of drug-likeness (QED) is 0.277. The van der Waals surface area contributed by atoms with Crippen molar-refractivity contribution >= 4 is 24.8 Å². The molecule has 0 fully saturated rings. The Morgan fingerprint density at radius 3 is 0.750 bits per heavy atom. The fourth-order valence-electron chi connectivity index (χ4n) is 0. The maximum Gasteiger partial charge on any atom is 1.00 e. The third-order valence-electron chi connectivity index (χ3n) is 0. The Labute approximate surface area is 56.1 Å². The van der Waals surface area contributed by atoms with Crippen molar-refractivity contribution in [3.63, 3.8) is 0 Å². The summed E-state index contributed by atoms with van der Waals surface area (Å²) in [7, 11) is 0. The van der Waals surface area contributed by atoms with E-state index >= 15 is 0 Å². The minimum Gasteiger partial charge on any atom is -1.00 e. The van der Waals surface area contributed by atoms with Gasteiger partial charge in [-0.25, -0.2) is 0 Å². The Balaban J connectivity index is 0. The molecule has 0 heterocycles.